The molecule has 0 spiro atoms. The zero-order valence-electron chi connectivity index (χ0n) is 19.4. The fourth-order valence-corrected chi connectivity index (χ4v) is 2.77. The molecule has 9 nitrogen and oxygen atoms in total. The van der Waals surface area contributed by atoms with Crippen LogP contribution in [0.1, 0.15) is 0 Å². The normalized spacial score (nSPS) is 10.2. The number of carbonyl (C=O) groups is 3. The van der Waals surface area contributed by atoms with Crippen LogP contribution in [-0.2, 0) is 28.6 Å². The molecule has 9 heteroatoms. The molecule has 0 aromatic heterocycles. The van der Waals surface area contributed by atoms with E-state index in [-0.39, 0.29) is 33.0 Å². The molecule has 0 aliphatic carbocycles. The molecule has 188 valence electrons. The minimum absolute atomic E-state index is 0.341. The van der Waals surface area contributed by atoms with Gasteiger partial charge in [-0.3, -0.25) is 0 Å². The molecule has 0 atom stereocenters. The minimum atomic E-state index is -1.06. The van der Waals surface area contributed by atoms with E-state index < -0.39 is 24.0 Å². The molecular weight excluding hydrogens is 468 g/mol. The lowest BCUT2D eigenvalue weighted by Crippen LogP contribution is -2.34. The summed E-state index contributed by atoms with van der Waals surface area (Å²) < 4.78 is 31.6. The van der Waals surface area contributed by atoms with Crippen molar-refractivity contribution in [3.63, 3.8) is 0 Å². The first-order chi connectivity index (χ1) is 17.6. The first-order valence-corrected chi connectivity index (χ1v) is 11.1. The van der Waals surface area contributed by atoms with E-state index in [4.69, 9.17) is 28.4 Å². The maximum absolute atomic E-state index is 12.3. The van der Waals surface area contributed by atoms with E-state index >= 15 is 0 Å². The van der Waals surface area contributed by atoms with Gasteiger partial charge in [-0.1, -0.05) is 54.6 Å². The molecule has 0 saturated carbocycles. The average Bonchev–Trinajstić information content (AvgIpc) is 2.92. The van der Waals surface area contributed by atoms with E-state index in [9.17, 15) is 14.4 Å². The lowest BCUT2D eigenvalue weighted by molar-refractivity contribution is -0.169. The SMILES string of the molecule is O=C(COc1ccccc1)OCC(COC(=O)COc1ccccc1)OC(=O)COc1ccccc1. The van der Waals surface area contributed by atoms with Gasteiger partial charge in [-0.15, -0.1) is 0 Å². The van der Waals surface area contributed by atoms with Gasteiger partial charge in [0.1, 0.15) is 30.5 Å². The quantitative estimate of drug-likeness (QED) is 0.247. The molecule has 0 heterocycles. The lowest BCUT2D eigenvalue weighted by Gasteiger charge is -2.18. The maximum atomic E-state index is 12.3. The van der Waals surface area contributed by atoms with Gasteiger partial charge in [0.05, 0.1) is 0 Å². The monoisotopic (exact) mass is 494 g/mol. The van der Waals surface area contributed by atoms with Crippen LogP contribution in [0.15, 0.2) is 91.0 Å². The van der Waals surface area contributed by atoms with Gasteiger partial charge in [-0.05, 0) is 36.4 Å². The number of esters is 3. The van der Waals surface area contributed by atoms with Crippen molar-refractivity contribution >= 4 is 17.9 Å². The molecule has 0 aliphatic heterocycles. The minimum Gasteiger partial charge on any atom is -0.482 e. The van der Waals surface area contributed by atoms with Crippen LogP contribution in [0.25, 0.3) is 0 Å². The Morgan fingerprint density at radius 3 is 1.19 bits per heavy atom. The van der Waals surface area contributed by atoms with Gasteiger partial charge < -0.3 is 28.4 Å². The van der Waals surface area contributed by atoms with Crippen LogP contribution < -0.4 is 14.2 Å². The Morgan fingerprint density at radius 2 is 0.833 bits per heavy atom. The van der Waals surface area contributed by atoms with Crippen LogP contribution in [0, 0.1) is 0 Å². The van der Waals surface area contributed by atoms with Gasteiger partial charge in [0.2, 0.25) is 0 Å². The molecule has 3 aromatic rings. The lowest BCUT2D eigenvalue weighted by atomic mass is 10.3. The van der Waals surface area contributed by atoms with E-state index in [0.29, 0.717) is 17.2 Å². The predicted octanol–water partition coefficient (Wildman–Crippen LogP) is 3.22. The molecule has 0 aliphatic rings. The second-order valence-electron chi connectivity index (χ2n) is 7.28. The Balaban J connectivity index is 1.46. The zero-order valence-corrected chi connectivity index (χ0v) is 19.4. The van der Waals surface area contributed by atoms with Crippen molar-refractivity contribution in [2.24, 2.45) is 0 Å². The van der Waals surface area contributed by atoms with E-state index in [1.54, 1.807) is 72.8 Å². The van der Waals surface area contributed by atoms with Gasteiger partial charge in [0.15, 0.2) is 25.9 Å². The standard InChI is InChI=1S/C27H26O9/c28-25(18-31-21-10-4-1-5-11-21)34-16-24(36-27(30)20-33-23-14-8-3-9-15-23)17-35-26(29)19-32-22-12-6-2-7-13-22/h1-15,24H,16-20H2. The summed E-state index contributed by atoms with van der Waals surface area (Å²) in [5.41, 5.74) is 0. The van der Waals surface area contributed by atoms with Gasteiger partial charge in [-0.2, -0.15) is 0 Å². The average molecular weight is 494 g/mol. The Bertz CT molecular complexity index is 1010. The van der Waals surface area contributed by atoms with Gasteiger partial charge >= 0.3 is 17.9 Å². The number of hydrogen-bond donors (Lipinski definition) is 0. The van der Waals surface area contributed by atoms with Crippen LogP contribution in [0.2, 0.25) is 0 Å². The summed E-state index contributed by atoms with van der Waals surface area (Å²) in [5, 5.41) is 0. The molecule has 0 unspecified atom stereocenters. The molecule has 3 rings (SSSR count). The molecule has 0 fully saturated rings. The number of hydrogen-bond acceptors (Lipinski definition) is 9. The van der Waals surface area contributed by atoms with Crippen molar-refractivity contribution < 1.29 is 42.8 Å². The van der Waals surface area contributed by atoms with Crippen molar-refractivity contribution in [2.75, 3.05) is 33.0 Å². The largest absolute Gasteiger partial charge is 0.482 e. The highest BCUT2D eigenvalue weighted by atomic mass is 16.6. The number of carbonyl (C=O) groups excluding carboxylic acids is 3. The molecule has 36 heavy (non-hydrogen) atoms. The van der Waals surface area contributed by atoms with E-state index in [0.717, 1.165) is 0 Å². The van der Waals surface area contributed by atoms with Crippen molar-refractivity contribution in [1.82, 2.24) is 0 Å². The van der Waals surface area contributed by atoms with Crippen LogP contribution in [0.5, 0.6) is 17.2 Å². The Labute approximate surface area is 208 Å². The summed E-state index contributed by atoms with van der Waals surface area (Å²) in [6.45, 7) is -1.75. The summed E-state index contributed by atoms with van der Waals surface area (Å²) in [6.07, 6.45) is -1.06. The number of benzene rings is 3. The molecule has 0 amide bonds. The molecule has 3 aromatic carbocycles. The molecule has 0 saturated heterocycles. The van der Waals surface area contributed by atoms with Crippen molar-refractivity contribution in [2.45, 2.75) is 6.10 Å². The van der Waals surface area contributed by atoms with Crippen molar-refractivity contribution in [3.8, 4) is 17.2 Å². The van der Waals surface area contributed by atoms with Crippen LogP contribution in [0.4, 0.5) is 0 Å². The van der Waals surface area contributed by atoms with E-state index in [2.05, 4.69) is 0 Å². The van der Waals surface area contributed by atoms with Crippen molar-refractivity contribution in [1.29, 1.82) is 0 Å². The molecular formula is C27H26O9. The van der Waals surface area contributed by atoms with Crippen LogP contribution >= 0.6 is 0 Å². The Morgan fingerprint density at radius 1 is 0.500 bits per heavy atom. The highest BCUT2D eigenvalue weighted by Crippen LogP contribution is 2.10. The Hall–Kier alpha value is -4.53. The topological polar surface area (TPSA) is 107 Å². The third-order valence-corrected chi connectivity index (χ3v) is 4.46. The smallest absolute Gasteiger partial charge is 0.344 e. The first-order valence-electron chi connectivity index (χ1n) is 11.1. The fourth-order valence-electron chi connectivity index (χ4n) is 2.77. The van der Waals surface area contributed by atoms with E-state index in [1.165, 1.54) is 0 Å². The van der Waals surface area contributed by atoms with Gasteiger partial charge in [0.25, 0.3) is 0 Å². The highest BCUT2D eigenvalue weighted by molar-refractivity contribution is 5.73. The summed E-state index contributed by atoms with van der Waals surface area (Å²) in [5.74, 6) is -0.596. The summed E-state index contributed by atoms with van der Waals surface area (Å²) in [4.78, 5) is 36.4. The zero-order chi connectivity index (χ0) is 25.4. The molecule has 0 N–H and O–H groups in total. The summed E-state index contributed by atoms with van der Waals surface area (Å²) >= 11 is 0. The highest BCUT2D eigenvalue weighted by Gasteiger charge is 2.20. The molecule has 0 bridgehead atoms. The number of ether oxygens (including phenoxy) is 6. The van der Waals surface area contributed by atoms with Crippen molar-refractivity contribution in [3.05, 3.63) is 91.0 Å². The summed E-state index contributed by atoms with van der Waals surface area (Å²) in [7, 11) is 0. The van der Waals surface area contributed by atoms with E-state index in [1.807, 2.05) is 18.2 Å². The number of rotatable bonds is 14. The van der Waals surface area contributed by atoms with Gasteiger partial charge in [-0.25, -0.2) is 14.4 Å². The second-order valence-corrected chi connectivity index (χ2v) is 7.28. The number of para-hydroxylation sites is 3. The predicted molar refractivity (Wildman–Crippen MR) is 128 cm³/mol. The Kier molecular flexibility index (Phi) is 10.6. The van der Waals surface area contributed by atoms with Crippen LogP contribution in [0.3, 0.4) is 0 Å². The molecule has 0 radical (unpaired) electrons. The first kappa shape index (κ1) is 26.1. The second kappa shape index (κ2) is 14.7. The van der Waals surface area contributed by atoms with Gasteiger partial charge in [0, 0.05) is 0 Å². The third kappa shape index (κ3) is 10.2. The van der Waals surface area contributed by atoms with Crippen LogP contribution in [-0.4, -0.2) is 57.0 Å². The summed E-state index contributed by atoms with van der Waals surface area (Å²) in [6, 6.07) is 26.2. The fraction of sp³-hybridized carbons (Fsp3) is 0.222. The maximum Gasteiger partial charge on any atom is 0.344 e. The third-order valence-electron chi connectivity index (χ3n) is 4.46.